The van der Waals surface area contributed by atoms with Gasteiger partial charge in [0.05, 0.1) is 0 Å². The van der Waals surface area contributed by atoms with Gasteiger partial charge in [-0.25, -0.2) is 0 Å². The lowest BCUT2D eigenvalue weighted by molar-refractivity contribution is -0.142. The van der Waals surface area contributed by atoms with Gasteiger partial charge in [-0.05, 0) is 67.1 Å². The molecule has 0 radical (unpaired) electrons. The summed E-state index contributed by atoms with van der Waals surface area (Å²) in [5.41, 5.74) is 2.43. The summed E-state index contributed by atoms with van der Waals surface area (Å²) in [4.78, 5) is 14.0. The molecule has 0 saturated carbocycles. The smallest absolute Gasteiger partial charge is 0.320 e. The van der Waals surface area contributed by atoms with Crippen molar-refractivity contribution in [3.63, 3.8) is 0 Å². The van der Waals surface area contributed by atoms with Gasteiger partial charge in [0.25, 0.3) is 0 Å². The van der Waals surface area contributed by atoms with E-state index in [1.165, 1.54) is 11.1 Å². The lowest BCUT2D eigenvalue weighted by atomic mass is 10.0. The monoisotopic (exact) mass is 439 g/mol. The van der Waals surface area contributed by atoms with Gasteiger partial charge in [0, 0.05) is 12.6 Å². The Morgan fingerprint density at radius 3 is 2.39 bits per heavy atom. The first-order chi connectivity index (χ1) is 14.6. The number of carboxylic acids is 1. The Hall–Kier alpha value is -2.11. The zero-order valence-electron chi connectivity index (χ0n) is 19.6. The van der Waals surface area contributed by atoms with Crippen molar-refractivity contribution in [3.05, 3.63) is 65.7 Å². The van der Waals surface area contributed by atoms with E-state index in [0.29, 0.717) is 6.54 Å². The second kappa shape index (κ2) is 9.57. The summed E-state index contributed by atoms with van der Waals surface area (Å²) >= 11 is 0. The molecule has 1 aliphatic heterocycles. The standard InChI is InChI=1S/C26H37NO3Si/c1-26(2,3)31(4,5)30-23-13-9-12-20(18-23)14-15-22-16-17-24(25(28)29)27(22)19-21-10-7-6-8-11-21/h6-13,18,22,24H,14-17,19H2,1-5H3,(H,28,29)/t22-,24-/m1/s1. The van der Waals surface area contributed by atoms with Crippen molar-refractivity contribution >= 4 is 14.3 Å². The molecule has 0 aromatic heterocycles. The Kier molecular flexibility index (Phi) is 7.27. The predicted octanol–water partition coefficient (Wildman–Crippen LogP) is 6.12. The van der Waals surface area contributed by atoms with Crippen molar-refractivity contribution in [1.82, 2.24) is 4.90 Å². The van der Waals surface area contributed by atoms with Crippen molar-refractivity contribution in [3.8, 4) is 5.75 Å². The number of carboxylic acid groups (broad SMARTS) is 1. The van der Waals surface area contributed by atoms with E-state index in [0.717, 1.165) is 31.4 Å². The molecule has 1 aliphatic rings. The van der Waals surface area contributed by atoms with Gasteiger partial charge in [-0.15, -0.1) is 0 Å². The number of nitrogens with zero attached hydrogens (tertiary/aromatic N) is 1. The van der Waals surface area contributed by atoms with E-state index in [1.54, 1.807) is 0 Å². The molecule has 31 heavy (non-hydrogen) atoms. The van der Waals surface area contributed by atoms with Crippen LogP contribution in [0.5, 0.6) is 5.75 Å². The van der Waals surface area contributed by atoms with Gasteiger partial charge < -0.3 is 9.53 Å². The fraction of sp³-hybridized carbons (Fsp3) is 0.500. The van der Waals surface area contributed by atoms with Crippen LogP contribution in [0.3, 0.4) is 0 Å². The third kappa shape index (κ3) is 5.98. The van der Waals surface area contributed by atoms with Crippen LogP contribution in [-0.4, -0.2) is 36.4 Å². The molecule has 0 bridgehead atoms. The highest BCUT2D eigenvalue weighted by atomic mass is 28.4. The summed E-state index contributed by atoms with van der Waals surface area (Å²) < 4.78 is 6.48. The summed E-state index contributed by atoms with van der Waals surface area (Å²) in [6.45, 7) is 12.0. The highest BCUT2D eigenvalue weighted by Crippen LogP contribution is 2.37. The number of hydrogen-bond donors (Lipinski definition) is 1. The normalized spacial score (nSPS) is 20.0. The summed E-state index contributed by atoms with van der Waals surface area (Å²) in [5.74, 6) is 0.253. The number of aryl methyl sites for hydroxylation is 1. The van der Waals surface area contributed by atoms with Crippen LogP contribution in [0.4, 0.5) is 0 Å². The highest BCUT2D eigenvalue weighted by molar-refractivity contribution is 6.74. The van der Waals surface area contributed by atoms with Crippen LogP contribution in [0.25, 0.3) is 0 Å². The molecule has 1 fully saturated rings. The minimum absolute atomic E-state index is 0.163. The van der Waals surface area contributed by atoms with Gasteiger partial charge in [0.15, 0.2) is 0 Å². The maximum atomic E-state index is 11.8. The number of hydrogen-bond acceptors (Lipinski definition) is 3. The van der Waals surface area contributed by atoms with Crippen LogP contribution in [0.15, 0.2) is 54.6 Å². The minimum atomic E-state index is -1.87. The van der Waals surface area contributed by atoms with Crippen LogP contribution >= 0.6 is 0 Å². The molecule has 0 amide bonds. The molecular formula is C26H37NO3Si. The zero-order valence-corrected chi connectivity index (χ0v) is 20.6. The summed E-state index contributed by atoms with van der Waals surface area (Å²) in [5, 5.41) is 9.88. The molecule has 3 rings (SSSR count). The Labute approximate surface area is 188 Å². The van der Waals surface area contributed by atoms with E-state index >= 15 is 0 Å². The Bertz CT molecular complexity index is 876. The molecule has 5 heteroatoms. The zero-order chi connectivity index (χ0) is 22.6. The number of likely N-dealkylation sites (tertiary alicyclic amines) is 1. The second-order valence-electron chi connectivity index (χ2n) is 10.3. The van der Waals surface area contributed by atoms with Gasteiger partial charge in [0.2, 0.25) is 8.32 Å². The average Bonchev–Trinajstić information content (AvgIpc) is 3.09. The van der Waals surface area contributed by atoms with E-state index < -0.39 is 20.3 Å². The van der Waals surface area contributed by atoms with Crippen molar-refractivity contribution < 1.29 is 14.3 Å². The van der Waals surface area contributed by atoms with Crippen LogP contribution in [0.2, 0.25) is 18.1 Å². The molecule has 2 aromatic rings. The molecular weight excluding hydrogens is 402 g/mol. The Balaban J connectivity index is 1.67. The van der Waals surface area contributed by atoms with Crippen LogP contribution in [0, 0.1) is 0 Å². The number of carbonyl (C=O) groups is 1. The molecule has 1 heterocycles. The fourth-order valence-electron chi connectivity index (χ4n) is 4.09. The molecule has 0 aliphatic carbocycles. The Morgan fingerprint density at radius 2 is 1.74 bits per heavy atom. The van der Waals surface area contributed by atoms with Crippen LogP contribution in [-0.2, 0) is 17.8 Å². The first-order valence-electron chi connectivity index (χ1n) is 11.4. The summed E-state index contributed by atoms with van der Waals surface area (Å²) in [6.07, 6.45) is 3.54. The SMILES string of the molecule is CC(C)(C)[Si](C)(C)Oc1cccc(CC[C@@H]2CC[C@H](C(=O)O)N2Cc2ccccc2)c1. The molecule has 4 nitrogen and oxygen atoms in total. The van der Waals surface area contributed by atoms with Gasteiger partial charge in [-0.2, -0.15) is 0 Å². The van der Waals surface area contributed by atoms with Gasteiger partial charge in [0.1, 0.15) is 11.8 Å². The largest absolute Gasteiger partial charge is 0.543 e. The maximum Gasteiger partial charge on any atom is 0.320 e. The topological polar surface area (TPSA) is 49.8 Å². The average molecular weight is 440 g/mol. The maximum absolute atomic E-state index is 11.8. The quantitative estimate of drug-likeness (QED) is 0.503. The molecule has 168 valence electrons. The van der Waals surface area contributed by atoms with E-state index in [4.69, 9.17) is 4.43 Å². The third-order valence-corrected chi connectivity index (χ3v) is 11.3. The molecule has 2 atom stereocenters. The van der Waals surface area contributed by atoms with E-state index in [9.17, 15) is 9.90 Å². The second-order valence-corrected chi connectivity index (χ2v) is 15.0. The van der Waals surface area contributed by atoms with Crippen LogP contribution < -0.4 is 4.43 Å². The molecule has 1 N–H and O–H groups in total. The van der Waals surface area contributed by atoms with E-state index in [1.807, 2.05) is 18.2 Å². The predicted molar refractivity (Wildman–Crippen MR) is 129 cm³/mol. The fourth-order valence-corrected chi connectivity index (χ4v) is 5.11. The first kappa shape index (κ1) is 23.5. The van der Waals surface area contributed by atoms with E-state index in [2.05, 4.69) is 75.2 Å². The van der Waals surface area contributed by atoms with Gasteiger partial charge in [-0.3, -0.25) is 9.69 Å². The molecule has 0 unspecified atom stereocenters. The van der Waals surface area contributed by atoms with Crippen molar-refractivity contribution in [1.29, 1.82) is 0 Å². The van der Waals surface area contributed by atoms with Gasteiger partial charge in [-0.1, -0.05) is 63.2 Å². The van der Waals surface area contributed by atoms with Crippen molar-refractivity contribution in [2.75, 3.05) is 0 Å². The van der Waals surface area contributed by atoms with Crippen LogP contribution in [0.1, 0.15) is 51.2 Å². The first-order valence-corrected chi connectivity index (χ1v) is 14.3. The minimum Gasteiger partial charge on any atom is -0.543 e. The molecule has 0 spiro atoms. The van der Waals surface area contributed by atoms with Crippen molar-refractivity contribution in [2.24, 2.45) is 0 Å². The lowest BCUT2D eigenvalue weighted by Gasteiger charge is -2.36. The Morgan fingerprint density at radius 1 is 1.06 bits per heavy atom. The van der Waals surface area contributed by atoms with Crippen molar-refractivity contribution in [2.45, 2.75) is 83.2 Å². The number of aliphatic carboxylic acids is 1. The summed E-state index contributed by atoms with van der Waals surface area (Å²) in [6, 6.07) is 18.5. The molecule has 1 saturated heterocycles. The summed E-state index contributed by atoms with van der Waals surface area (Å²) in [7, 11) is -1.87. The number of benzene rings is 2. The lowest BCUT2D eigenvalue weighted by Crippen LogP contribution is -2.43. The van der Waals surface area contributed by atoms with Gasteiger partial charge >= 0.3 is 5.97 Å². The molecule has 2 aromatic carbocycles. The highest BCUT2D eigenvalue weighted by Gasteiger charge is 2.39. The number of rotatable bonds is 8. The third-order valence-electron chi connectivity index (χ3n) is 6.98. The van der Waals surface area contributed by atoms with E-state index in [-0.39, 0.29) is 11.1 Å².